The second kappa shape index (κ2) is 8.43. The summed E-state index contributed by atoms with van der Waals surface area (Å²) in [4.78, 5) is 43.0. The van der Waals surface area contributed by atoms with Gasteiger partial charge in [-0.3, -0.25) is 9.36 Å². The Bertz CT molecular complexity index is 940. The van der Waals surface area contributed by atoms with Crippen molar-refractivity contribution in [1.82, 2.24) is 9.55 Å². The first-order chi connectivity index (χ1) is 13.3. The van der Waals surface area contributed by atoms with E-state index < -0.39 is 18.0 Å². The standard InChI is InChI=1S/C20H26N2O5S/c1-11(2)26-20(25)16-12(3)15-17(28-16)21-10-22(18(15)23)13(4)19(24)27-14-8-6-5-7-9-14/h10-11,13-14H,5-9H2,1-4H3/t13-/m1/s1. The van der Waals surface area contributed by atoms with Gasteiger partial charge in [0.2, 0.25) is 0 Å². The third-order valence-corrected chi connectivity index (χ3v) is 6.18. The summed E-state index contributed by atoms with van der Waals surface area (Å²) in [5.41, 5.74) is 0.181. The van der Waals surface area contributed by atoms with E-state index in [1.54, 1.807) is 27.7 Å². The molecule has 0 amide bonds. The highest BCUT2D eigenvalue weighted by molar-refractivity contribution is 7.20. The van der Waals surface area contributed by atoms with E-state index in [0.29, 0.717) is 20.7 Å². The van der Waals surface area contributed by atoms with Crippen molar-refractivity contribution in [2.45, 2.75) is 78.0 Å². The first-order valence-electron chi connectivity index (χ1n) is 9.71. The molecular formula is C20H26N2O5S. The SMILES string of the molecule is Cc1c(C(=O)OC(C)C)sc2ncn([C@H](C)C(=O)OC3CCCCC3)c(=O)c12. The van der Waals surface area contributed by atoms with Crippen LogP contribution in [0.4, 0.5) is 0 Å². The van der Waals surface area contributed by atoms with Crippen LogP contribution in [0.25, 0.3) is 10.2 Å². The van der Waals surface area contributed by atoms with Crippen LogP contribution in [0.15, 0.2) is 11.1 Å². The van der Waals surface area contributed by atoms with Gasteiger partial charge in [-0.25, -0.2) is 14.6 Å². The second-order valence-corrected chi connectivity index (χ2v) is 8.52. The van der Waals surface area contributed by atoms with Gasteiger partial charge in [0, 0.05) is 0 Å². The molecule has 0 bridgehead atoms. The molecule has 1 fully saturated rings. The lowest BCUT2D eigenvalue weighted by Crippen LogP contribution is -2.32. The number of nitrogens with zero attached hydrogens (tertiary/aromatic N) is 2. The zero-order valence-electron chi connectivity index (χ0n) is 16.7. The van der Waals surface area contributed by atoms with Gasteiger partial charge in [-0.15, -0.1) is 11.3 Å². The molecule has 152 valence electrons. The molecule has 0 aromatic carbocycles. The third-order valence-electron chi connectivity index (χ3n) is 5.00. The van der Waals surface area contributed by atoms with E-state index in [4.69, 9.17) is 9.47 Å². The van der Waals surface area contributed by atoms with Crippen LogP contribution in [0.3, 0.4) is 0 Å². The normalized spacial score (nSPS) is 16.3. The average Bonchev–Trinajstić information content (AvgIpc) is 2.99. The molecule has 2 heterocycles. The van der Waals surface area contributed by atoms with Gasteiger partial charge in [-0.05, 0) is 58.9 Å². The highest BCUT2D eigenvalue weighted by Crippen LogP contribution is 2.28. The van der Waals surface area contributed by atoms with Crippen LogP contribution in [0.2, 0.25) is 0 Å². The van der Waals surface area contributed by atoms with Gasteiger partial charge in [-0.1, -0.05) is 6.42 Å². The number of carbonyl (C=O) groups is 2. The number of ether oxygens (including phenoxy) is 2. The molecule has 0 N–H and O–H groups in total. The van der Waals surface area contributed by atoms with Crippen molar-refractivity contribution >= 4 is 33.5 Å². The van der Waals surface area contributed by atoms with Crippen molar-refractivity contribution in [3.05, 3.63) is 27.1 Å². The maximum Gasteiger partial charge on any atom is 0.348 e. The second-order valence-electron chi connectivity index (χ2n) is 7.52. The molecule has 1 aliphatic rings. The minimum atomic E-state index is -0.781. The van der Waals surface area contributed by atoms with Crippen LogP contribution in [0.1, 0.15) is 74.2 Å². The highest BCUT2D eigenvalue weighted by atomic mass is 32.1. The number of thiophene rings is 1. The van der Waals surface area contributed by atoms with Crippen molar-refractivity contribution in [3.63, 3.8) is 0 Å². The molecule has 28 heavy (non-hydrogen) atoms. The molecule has 1 atom stereocenters. The first-order valence-corrected chi connectivity index (χ1v) is 10.5. The van der Waals surface area contributed by atoms with Gasteiger partial charge in [0.25, 0.3) is 5.56 Å². The van der Waals surface area contributed by atoms with Crippen molar-refractivity contribution in [1.29, 1.82) is 0 Å². The fourth-order valence-electron chi connectivity index (χ4n) is 3.43. The van der Waals surface area contributed by atoms with E-state index in [1.807, 2.05) is 0 Å². The van der Waals surface area contributed by atoms with Crippen LogP contribution in [0, 0.1) is 6.92 Å². The Morgan fingerprint density at radius 2 is 1.89 bits per heavy atom. The van der Waals surface area contributed by atoms with E-state index in [-0.39, 0.29) is 17.8 Å². The predicted molar refractivity (Wildman–Crippen MR) is 107 cm³/mol. The predicted octanol–water partition coefficient (Wildman–Crippen LogP) is 3.77. The quantitative estimate of drug-likeness (QED) is 0.703. The van der Waals surface area contributed by atoms with Gasteiger partial charge in [0.1, 0.15) is 21.9 Å². The number of aromatic nitrogens is 2. The monoisotopic (exact) mass is 406 g/mol. The number of carbonyl (C=O) groups excluding carboxylic acids is 2. The summed E-state index contributed by atoms with van der Waals surface area (Å²) in [5, 5.41) is 0.348. The van der Waals surface area contributed by atoms with E-state index in [0.717, 1.165) is 37.0 Å². The highest BCUT2D eigenvalue weighted by Gasteiger charge is 2.26. The molecule has 0 aliphatic heterocycles. The maximum atomic E-state index is 13.0. The molecule has 0 radical (unpaired) electrons. The molecule has 3 rings (SSSR count). The number of rotatable bonds is 5. The summed E-state index contributed by atoms with van der Waals surface area (Å²) >= 11 is 1.13. The lowest BCUT2D eigenvalue weighted by atomic mass is 9.98. The van der Waals surface area contributed by atoms with Crippen molar-refractivity contribution in [2.24, 2.45) is 0 Å². The van der Waals surface area contributed by atoms with Gasteiger partial charge in [0.05, 0.1) is 17.8 Å². The van der Waals surface area contributed by atoms with Crippen LogP contribution in [0.5, 0.6) is 0 Å². The number of hydrogen-bond acceptors (Lipinski definition) is 7. The fourth-order valence-corrected chi connectivity index (χ4v) is 4.46. The van der Waals surface area contributed by atoms with Gasteiger partial charge in [-0.2, -0.15) is 0 Å². The summed E-state index contributed by atoms with van der Waals surface area (Å²) in [6.45, 7) is 6.88. The molecule has 1 saturated carbocycles. The Morgan fingerprint density at radius 3 is 2.54 bits per heavy atom. The van der Waals surface area contributed by atoms with Gasteiger partial charge in [0.15, 0.2) is 0 Å². The van der Waals surface area contributed by atoms with E-state index in [2.05, 4.69) is 4.98 Å². The Labute approximate surface area is 167 Å². The van der Waals surface area contributed by atoms with Crippen LogP contribution in [-0.2, 0) is 14.3 Å². The maximum absolute atomic E-state index is 13.0. The number of esters is 2. The topological polar surface area (TPSA) is 87.5 Å². The van der Waals surface area contributed by atoms with Crippen LogP contribution < -0.4 is 5.56 Å². The van der Waals surface area contributed by atoms with Crippen molar-refractivity contribution in [3.8, 4) is 0 Å². The average molecular weight is 407 g/mol. The molecule has 2 aromatic heterocycles. The summed E-state index contributed by atoms with van der Waals surface area (Å²) < 4.78 is 12.1. The Hall–Kier alpha value is -2.22. The lowest BCUT2D eigenvalue weighted by Gasteiger charge is -2.24. The largest absolute Gasteiger partial charge is 0.461 e. The first kappa shape index (κ1) is 20.5. The van der Waals surface area contributed by atoms with Crippen LogP contribution in [-0.4, -0.2) is 33.7 Å². The van der Waals surface area contributed by atoms with Crippen molar-refractivity contribution in [2.75, 3.05) is 0 Å². The summed E-state index contributed by atoms with van der Waals surface area (Å²) in [5.74, 6) is -0.895. The van der Waals surface area contributed by atoms with E-state index >= 15 is 0 Å². The minimum Gasteiger partial charge on any atom is -0.461 e. The number of hydrogen-bond donors (Lipinski definition) is 0. The number of fused-ring (bicyclic) bond motifs is 1. The van der Waals surface area contributed by atoms with Gasteiger partial charge >= 0.3 is 11.9 Å². The van der Waals surface area contributed by atoms with Crippen LogP contribution >= 0.6 is 11.3 Å². The Balaban J connectivity index is 1.88. The number of aryl methyl sites for hydroxylation is 1. The zero-order valence-corrected chi connectivity index (χ0v) is 17.5. The molecule has 1 aliphatic carbocycles. The molecule has 0 spiro atoms. The third kappa shape index (κ3) is 4.11. The Morgan fingerprint density at radius 1 is 1.21 bits per heavy atom. The smallest absolute Gasteiger partial charge is 0.348 e. The lowest BCUT2D eigenvalue weighted by molar-refractivity contribution is -0.154. The minimum absolute atomic E-state index is 0.0728. The van der Waals surface area contributed by atoms with Crippen molar-refractivity contribution < 1.29 is 19.1 Å². The summed E-state index contributed by atoms with van der Waals surface area (Å²) in [6.07, 6.45) is 6.05. The summed E-state index contributed by atoms with van der Waals surface area (Å²) in [7, 11) is 0. The van der Waals surface area contributed by atoms with Gasteiger partial charge < -0.3 is 9.47 Å². The van der Waals surface area contributed by atoms with E-state index in [1.165, 1.54) is 17.3 Å². The molecular weight excluding hydrogens is 380 g/mol. The molecule has 0 saturated heterocycles. The molecule has 7 nitrogen and oxygen atoms in total. The summed E-state index contributed by atoms with van der Waals surface area (Å²) in [6, 6.07) is -0.781. The molecule has 8 heteroatoms. The Kier molecular flexibility index (Phi) is 6.17. The zero-order chi connectivity index (χ0) is 20.4. The van der Waals surface area contributed by atoms with E-state index in [9.17, 15) is 14.4 Å². The molecule has 0 unspecified atom stereocenters. The molecule has 2 aromatic rings. The fraction of sp³-hybridized carbons (Fsp3) is 0.600.